The van der Waals surface area contributed by atoms with Crippen molar-refractivity contribution in [1.29, 1.82) is 0 Å². The molecule has 0 aromatic heterocycles. The number of aryl methyl sites for hydroxylation is 2. The molecule has 1 rings (SSSR count). The summed E-state index contributed by atoms with van der Waals surface area (Å²) in [5.74, 6) is 1.98. The van der Waals surface area contributed by atoms with Crippen LogP contribution in [-0.2, 0) is 17.6 Å². The van der Waals surface area contributed by atoms with Crippen LogP contribution in [0.4, 0.5) is 5.69 Å². The molecule has 1 aromatic rings. The van der Waals surface area contributed by atoms with E-state index in [1.165, 1.54) is 16.7 Å². The lowest BCUT2D eigenvalue weighted by Gasteiger charge is -2.23. The second-order valence-electron chi connectivity index (χ2n) is 4.77. The summed E-state index contributed by atoms with van der Waals surface area (Å²) in [5, 5.41) is 0. The van der Waals surface area contributed by atoms with E-state index in [1.807, 2.05) is 17.9 Å². The van der Waals surface area contributed by atoms with E-state index in [2.05, 4.69) is 32.9 Å². The van der Waals surface area contributed by atoms with Gasteiger partial charge in [-0.1, -0.05) is 26.3 Å². The van der Waals surface area contributed by atoms with Crippen molar-refractivity contribution in [3.8, 4) is 0 Å². The van der Waals surface area contributed by atoms with Crippen LogP contribution in [-0.4, -0.2) is 13.0 Å². The SMILES string of the molecule is CCCc1cc(C)cc(N(C)C(C)=C=O)c1CC. The van der Waals surface area contributed by atoms with Gasteiger partial charge in [0.15, 0.2) is 0 Å². The van der Waals surface area contributed by atoms with Gasteiger partial charge in [0.25, 0.3) is 0 Å². The maximum Gasteiger partial charge on any atom is 0.145 e. The van der Waals surface area contributed by atoms with Gasteiger partial charge < -0.3 is 4.90 Å². The summed E-state index contributed by atoms with van der Waals surface area (Å²) in [5.41, 5.74) is 5.76. The molecule has 0 atom stereocenters. The molecule has 2 heteroatoms. The summed E-state index contributed by atoms with van der Waals surface area (Å²) in [7, 11) is 1.93. The van der Waals surface area contributed by atoms with Crippen LogP contribution in [0, 0.1) is 6.92 Å². The molecule has 18 heavy (non-hydrogen) atoms. The Morgan fingerprint density at radius 1 is 1.33 bits per heavy atom. The largest absolute Gasteiger partial charge is 0.339 e. The summed E-state index contributed by atoms with van der Waals surface area (Å²) in [6.45, 7) is 8.27. The van der Waals surface area contributed by atoms with E-state index in [4.69, 9.17) is 0 Å². The van der Waals surface area contributed by atoms with Crippen molar-refractivity contribution in [1.82, 2.24) is 0 Å². The zero-order valence-electron chi connectivity index (χ0n) is 12.1. The first-order chi connectivity index (χ1) is 8.54. The number of hydrogen-bond donors (Lipinski definition) is 0. The van der Waals surface area contributed by atoms with Crippen LogP contribution in [0.2, 0.25) is 0 Å². The number of carbonyl (C=O) groups excluding carboxylic acids is 1. The van der Waals surface area contributed by atoms with Crippen LogP contribution < -0.4 is 4.90 Å². The van der Waals surface area contributed by atoms with E-state index in [0.717, 1.165) is 24.9 Å². The molecule has 0 aliphatic rings. The first-order valence-electron chi connectivity index (χ1n) is 6.62. The van der Waals surface area contributed by atoms with E-state index in [0.29, 0.717) is 5.70 Å². The van der Waals surface area contributed by atoms with Crippen LogP contribution in [0.25, 0.3) is 0 Å². The fourth-order valence-corrected chi connectivity index (χ4v) is 2.32. The number of hydrogen-bond acceptors (Lipinski definition) is 2. The molecular weight excluding hydrogens is 222 g/mol. The highest BCUT2D eigenvalue weighted by Gasteiger charge is 2.13. The van der Waals surface area contributed by atoms with Gasteiger partial charge in [-0.25, -0.2) is 4.79 Å². The monoisotopic (exact) mass is 245 g/mol. The highest BCUT2D eigenvalue weighted by atomic mass is 16.1. The maximum absolute atomic E-state index is 10.8. The molecule has 0 unspecified atom stereocenters. The minimum Gasteiger partial charge on any atom is -0.339 e. The number of allylic oxidation sites excluding steroid dienone is 1. The van der Waals surface area contributed by atoms with E-state index in [1.54, 1.807) is 6.92 Å². The molecular formula is C16H23NO. The molecule has 0 bridgehead atoms. The fraction of sp³-hybridized carbons (Fsp3) is 0.500. The summed E-state index contributed by atoms with van der Waals surface area (Å²) in [4.78, 5) is 12.8. The Morgan fingerprint density at radius 2 is 2.00 bits per heavy atom. The quantitative estimate of drug-likeness (QED) is 0.737. The van der Waals surface area contributed by atoms with Gasteiger partial charge in [-0.05, 0) is 49.4 Å². The van der Waals surface area contributed by atoms with E-state index in [9.17, 15) is 4.79 Å². The number of benzene rings is 1. The van der Waals surface area contributed by atoms with E-state index < -0.39 is 0 Å². The predicted molar refractivity (Wildman–Crippen MR) is 77.8 cm³/mol. The van der Waals surface area contributed by atoms with Crippen molar-refractivity contribution >= 4 is 11.6 Å². The van der Waals surface area contributed by atoms with E-state index in [-0.39, 0.29) is 0 Å². The number of nitrogens with zero attached hydrogens (tertiary/aromatic N) is 1. The lowest BCUT2D eigenvalue weighted by molar-refractivity contribution is 0.566. The number of rotatable bonds is 5. The Labute approximate surface area is 110 Å². The Hall–Kier alpha value is -1.53. The van der Waals surface area contributed by atoms with Crippen LogP contribution in [0.1, 0.15) is 43.9 Å². The fourth-order valence-electron chi connectivity index (χ4n) is 2.32. The first-order valence-corrected chi connectivity index (χ1v) is 6.62. The van der Waals surface area contributed by atoms with Crippen molar-refractivity contribution in [3.05, 3.63) is 34.5 Å². The minimum absolute atomic E-state index is 0.623. The normalized spacial score (nSPS) is 10.1. The van der Waals surface area contributed by atoms with Crippen LogP contribution in [0.3, 0.4) is 0 Å². The smallest absolute Gasteiger partial charge is 0.145 e. The molecule has 2 nitrogen and oxygen atoms in total. The first kappa shape index (κ1) is 14.5. The third-order valence-corrected chi connectivity index (χ3v) is 3.35. The summed E-state index contributed by atoms with van der Waals surface area (Å²) in [6.07, 6.45) is 3.22. The highest BCUT2D eigenvalue weighted by molar-refractivity contribution is 5.67. The Bertz CT molecular complexity index is 470. The molecule has 0 saturated carbocycles. The van der Waals surface area contributed by atoms with Crippen LogP contribution >= 0.6 is 0 Å². The zero-order valence-corrected chi connectivity index (χ0v) is 12.1. The second-order valence-corrected chi connectivity index (χ2v) is 4.77. The topological polar surface area (TPSA) is 20.3 Å². The second kappa shape index (κ2) is 6.42. The Kier molecular flexibility index (Phi) is 5.18. The predicted octanol–water partition coefficient (Wildman–Crippen LogP) is 3.68. The third kappa shape index (κ3) is 3.02. The molecule has 1 aromatic carbocycles. The van der Waals surface area contributed by atoms with Crippen LogP contribution in [0.15, 0.2) is 17.8 Å². The summed E-state index contributed by atoms with van der Waals surface area (Å²) < 4.78 is 0. The Balaban J connectivity index is 3.37. The van der Waals surface area contributed by atoms with Gasteiger partial charge in [-0.15, -0.1) is 0 Å². The molecule has 0 spiro atoms. The van der Waals surface area contributed by atoms with Crippen molar-refractivity contribution in [2.24, 2.45) is 0 Å². The van der Waals surface area contributed by atoms with Gasteiger partial charge in [0.05, 0.1) is 5.70 Å². The lowest BCUT2D eigenvalue weighted by atomic mass is 9.96. The van der Waals surface area contributed by atoms with Crippen molar-refractivity contribution in [2.45, 2.75) is 47.0 Å². The molecule has 0 fully saturated rings. The third-order valence-electron chi connectivity index (χ3n) is 3.35. The van der Waals surface area contributed by atoms with Gasteiger partial charge in [-0.3, -0.25) is 0 Å². The molecule has 0 saturated heterocycles. The highest BCUT2D eigenvalue weighted by Crippen LogP contribution is 2.28. The van der Waals surface area contributed by atoms with Gasteiger partial charge >= 0.3 is 0 Å². The summed E-state index contributed by atoms with van der Waals surface area (Å²) >= 11 is 0. The average molecular weight is 245 g/mol. The number of anilines is 1. The van der Waals surface area contributed by atoms with Crippen molar-refractivity contribution in [3.63, 3.8) is 0 Å². The molecule has 0 radical (unpaired) electrons. The van der Waals surface area contributed by atoms with Gasteiger partial charge in [0.1, 0.15) is 5.94 Å². The molecule has 98 valence electrons. The summed E-state index contributed by atoms with van der Waals surface area (Å²) in [6, 6.07) is 4.42. The maximum atomic E-state index is 10.8. The van der Waals surface area contributed by atoms with Crippen molar-refractivity contribution in [2.75, 3.05) is 11.9 Å². The van der Waals surface area contributed by atoms with Gasteiger partial charge in [0, 0.05) is 12.7 Å². The Morgan fingerprint density at radius 3 is 2.50 bits per heavy atom. The van der Waals surface area contributed by atoms with Gasteiger partial charge in [0.2, 0.25) is 0 Å². The molecule has 0 aliphatic heterocycles. The molecule has 0 amide bonds. The molecule has 0 aliphatic carbocycles. The molecule has 0 heterocycles. The lowest BCUT2D eigenvalue weighted by Crippen LogP contribution is -2.17. The zero-order chi connectivity index (χ0) is 13.7. The minimum atomic E-state index is 0.623. The van der Waals surface area contributed by atoms with Crippen molar-refractivity contribution < 1.29 is 4.79 Å². The van der Waals surface area contributed by atoms with E-state index >= 15 is 0 Å². The average Bonchev–Trinajstić information content (AvgIpc) is 2.36. The molecule has 0 N–H and O–H groups in total. The van der Waals surface area contributed by atoms with Crippen LogP contribution in [0.5, 0.6) is 0 Å². The standard InChI is InChI=1S/C16H23NO/c1-6-8-14-9-12(3)10-16(15(14)7-2)17(5)13(4)11-18/h9-10H,6-8H2,1-5H3. The van der Waals surface area contributed by atoms with Gasteiger partial charge in [-0.2, -0.15) is 0 Å².